The third-order valence-electron chi connectivity index (χ3n) is 6.24. The van der Waals surface area contributed by atoms with E-state index in [0.717, 1.165) is 16.3 Å². The first-order valence-corrected chi connectivity index (χ1v) is 12.3. The maximum Gasteiger partial charge on any atom is 0.338 e. The van der Waals surface area contributed by atoms with E-state index in [1.165, 1.54) is 24.3 Å². The summed E-state index contributed by atoms with van der Waals surface area (Å²) >= 11 is 0. The van der Waals surface area contributed by atoms with Gasteiger partial charge in [0.1, 0.15) is 5.82 Å². The number of ether oxygens (including phenoxy) is 1. The summed E-state index contributed by atoms with van der Waals surface area (Å²) in [7, 11) is 0. The van der Waals surface area contributed by atoms with E-state index in [2.05, 4.69) is 10.4 Å². The van der Waals surface area contributed by atoms with Crippen LogP contribution < -0.4 is 10.2 Å². The Bertz CT molecular complexity index is 1550. The van der Waals surface area contributed by atoms with E-state index in [4.69, 9.17) is 4.74 Å². The molecule has 0 saturated carbocycles. The smallest absolute Gasteiger partial charge is 0.338 e. The number of carbonyl (C=O) groups excluding carboxylic acids is 4. The van der Waals surface area contributed by atoms with Crippen LogP contribution in [0.2, 0.25) is 0 Å². The van der Waals surface area contributed by atoms with Gasteiger partial charge in [-0.1, -0.05) is 51.1 Å². The highest BCUT2D eigenvalue weighted by Gasteiger charge is 2.36. The van der Waals surface area contributed by atoms with Crippen LogP contribution in [-0.4, -0.2) is 40.1 Å². The molecule has 4 aromatic rings. The van der Waals surface area contributed by atoms with Gasteiger partial charge in [0.2, 0.25) is 0 Å². The van der Waals surface area contributed by atoms with Crippen molar-refractivity contribution in [2.24, 2.45) is 0 Å². The first kappa shape index (κ1) is 25.6. The van der Waals surface area contributed by atoms with Crippen LogP contribution in [0.3, 0.4) is 0 Å². The Hall–Kier alpha value is -5.05. The minimum absolute atomic E-state index is 0.174. The average Bonchev–Trinajstić information content (AvgIpc) is 3.47. The topological polar surface area (TPSA) is 111 Å². The number of amides is 3. The number of anilines is 2. The lowest BCUT2D eigenvalue weighted by Gasteiger charge is -2.14. The van der Waals surface area contributed by atoms with Gasteiger partial charge in [0, 0.05) is 11.5 Å². The molecule has 5 rings (SSSR count). The largest absolute Gasteiger partial charge is 0.452 e. The van der Waals surface area contributed by atoms with Crippen molar-refractivity contribution < 1.29 is 23.9 Å². The molecule has 3 aromatic carbocycles. The van der Waals surface area contributed by atoms with E-state index < -0.39 is 30.3 Å². The second-order valence-electron chi connectivity index (χ2n) is 10.1. The van der Waals surface area contributed by atoms with Crippen LogP contribution in [0.4, 0.5) is 11.5 Å². The lowest BCUT2D eigenvalue weighted by molar-refractivity contribution is -0.119. The van der Waals surface area contributed by atoms with Crippen LogP contribution in [0, 0.1) is 0 Å². The zero-order chi connectivity index (χ0) is 27.7. The van der Waals surface area contributed by atoms with Crippen molar-refractivity contribution >= 4 is 35.2 Å². The molecular weight excluding hydrogens is 496 g/mol. The third-order valence-corrected chi connectivity index (χ3v) is 6.24. The zero-order valence-electron chi connectivity index (χ0n) is 21.7. The predicted molar refractivity (Wildman–Crippen MR) is 145 cm³/mol. The van der Waals surface area contributed by atoms with E-state index in [1.807, 2.05) is 51.1 Å². The molecule has 1 N–H and O–H groups in total. The van der Waals surface area contributed by atoms with Gasteiger partial charge in [-0.05, 0) is 48.5 Å². The first-order chi connectivity index (χ1) is 18.6. The van der Waals surface area contributed by atoms with E-state index >= 15 is 0 Å². The fourth-order valence-corrected chi connectivity index (χ4v) is 4.17. The number of esters is 1. The van der Waals surface area contributed by atoms with Gasteiger partial charge in [0.25, 0.3) is 17.7 Å². The summed E-state index contributed by atoms with van der Waals surface area (Å²) in [6.45, 7) is 5.57. The van der Waals surface area contributed by atoms with Crippen LogP contribution in [0.1, 0.15) is 57.5 Å². The first-order valence-electron chi connectivity index (χ1n) is 12.3. The number of hydrogen-bond donors (Lipinski definition) is 1. The van der Waals surface area contributed by atoms with Gasteiger partial charge in [0.15, 0.2) is 6.61 Å². The van der Waals surface area contributed by atoms with Crippen LogP contribution in [-0.2, 0) is 14.9 Å². The fourth-order valence-electron chi connectivity index (χ4n) is 4.17. The monoisotopic (exact) mass is 522 g/mol. The van der Waals surface area contributed by atoms with Crippen molar-refractivity contribution in [2.45, 2.75) is 26.2 Å². The highest BCUT2D eigenvalue weighted by molar-refractivity contribution is 6.34. The molecule has 0 unspecified atom stereocenters. The molecule has 1 aromatic heterocycles. The molecule has 196 valence electrons. The highest BCUT2D eigenvalue weighted by atomic mass is 16.5. The number of hydrogen-bond acceptors (Lipinski definition) is 6. The van der Waals surface area contributed by atoms with Crippen molar-refractivity contribution in [3.05, 3.63) is 107 Å². The molecule has 0 aliphatic carbocycles. The molecule has 0 radical (unpaired) electrons. The number of nitrogens with one attached hydrogen (secondary N) is 1. The number of fused-ring (bicyclic) bond motifs is 1. The van der Waals surface area contributed by atoms with Crippen LogP contribution >= 0.6 is 0 Å². The number of para-hydroxylation sites is 1. The Morgan fingerprint density at radius 3 is 2.00 bits per heavy atom. The Kier molecular flexibility index (Phi) is 6.57. The molecule has 3 amide bonds. The van der Waals surface area contributed by atoms with E-state index in [-0.39, 0.29) is 11.0 Å². The van der Waals surface area contributed by atoms with Gasteiger partial charge in [0.05, 0.1) is 33.8 Å². The number of aromatic nitrogens is 2. The maximum absolute atomic E-state index is 12.7. The number of carbonyl (C=O) groups is 4. The Morgan fingerprint density at radius 2 is 1.41 bits per heavy atom. The van der Waals surface area contributed by atoms with E-state index in [1.54, 1.807) is 35.0 Å². The standard InChI is InChI=1S/C30H26N4O5/c1-30(2,3)24-17-25(34(32-24)21-9-5-4-6-10-21)31-26(35)18-39-29(38)19-13-15-20(16-14-19)33-27(36)22-11-7-8-12-23(22)28(33)37/h4-17H,18H2,1-3H3,(H,31,35). The van der Waals surface area contributed by atoms with Gasteiger partial charge < -0.3 is 10.1 Å². The lowest BCUT2D eigenvalue weighted by atomic mass is 9.92. The Balaban J connectivity index is 1.24. The minimum atomic E-state index is -0.717. The van der Waals surface area contributed by atoms with Gasteiger partial charge in [-0.25, -0.2) is 14.4 Å². The number of rotatable bonds is 6. The average molecular weight is 523 g/mol. The van der Waals surface area contributed by atoms with Crippen molar-refractivity contribution in [3.8, 4) is 5.69 Å². The summed E-state index contributed by atoms with van der Waals surface area (Å²) in [5.74, 6) is -1.63. The van der Waals surface area contributed by atoms with E-state index in [0.29, 0.717) is 22.6 Å². The molecular formula is C30H26N4O5. The van der Waals surface area contributed by atoms with Gasteiger partial charge in [-0.3, -0.25) is 14.4 Å². The Morgan fingerprint density at radius 1 is 0.821 bits per heavy atom. The summed E-state index contributed by atoms with van der Waals surface area (Å²) in [4.78, 5) is 51.7. The molecule has 1 aliphatic heterocycles. The molecule has 0 fully saturated rings. The summed E-state index contributed by atoms with van der Waals surface area (Å²) in [5, 5.41) is 7.43. The highest BCUT2D eigenvalue weighted by Crippen LogP contribution is 2.29. The van der Waals surface area contributed by atoms with Crippen molar-refractivity contribution in [3.63, 3.8) is 0 Å². The molecule has 2 heterocycles. The zero-order valence-corrected chi connectivity index (χ0v) is 21.7. The second-order valence-corrected chi connectivity index (χ2v) is 10.1. The predicted octanol–water partition coefficient (Wildman–Crippen LogP) is 4.77. The molecule has 0 bridgehead atoms. The number of benzene rings is 3. The third kappa shape index (κ3) is 5.06. The molecule has 1 aliphatic rings. The lowest BCUT2D eigenvalue weighted by Crippen LogP contribution is -2.29. The summed E-state index contributed by atoms with van der Waals surface area (Å²) in [5.41, 5.74) is 2.49. The van der Waals surface area contributed by atoms with Crippen LogP contribution in [0.25, 0.3) is 5.69 Å². The molecule has 39 heavy (non-hydrogen) atoms. The van der Waals surface area contributed by atoms with Crippen molar-refractivity contribution in [1.82, 2.24) is 9.78 Å². The van der Waals surface area contributed by atoms with Crippen LogP contribution in [0.15, 0.2) is 84.9 Å². The van der Waals surface area contributed by atoms with Gasteiger partial charge >= 0.3 is 5.97 Å². The molecule has 0 atom stereocenters. The SMILES string of the molecule is CC(C)(C)c1cc(NC(=O)COC(=O)c2ccc(N3C(=O)c4ccccc4C3=O)cc2)n(-c2ccccc2)n1. The normalized spacial score (nSPS) is 12.8. The van der Waals surface area contributed by atoms with Gasteiger partial charge in [-0.2, -0.15) is 5.10 Å². The number of nitrogens with zero attached hydrogens (tertiary/aromatic N) is 3. The molecule has 0 spiro atoms. The maximum atomic E-state index is 12.7. The second kappa shape index (κ2) is 10.0. The Labute approximate surface area is 225 Å². The summed E-state index contributed by atoms with van der Waals surface area (Å²) in [6.07, 6.45) is 0. The number of imide groups is 1. The molecule has 0 saturated heterocycles. The van der Waals surface area contributed by atoms with Gasteiger partial charge in [-0.15, -0.1) is 0 Å². The van der Waals surface area contributed by atoms with Crippen molar-refractivity contribution in [2.75, 3.05) is 16.8 Å². The quantitative estimate of drug-likeness (QED) is 0.289. The summed E-state index contributed by atoms with van der Waals surface area (Å²) < 4.78 is 6.85. The van der Waals surface area contributed by atoms with Crippen molar-refractivity contribution in [1.29, 1.82) is 0 Å². The van der Waals surface area contributed by atoms with Crippen LogP contribution in [0.5, 0.6) is 0 Å². The minimum Gasteiger partial charge on any atom is -0.452 e. The fraction of sp³-hybridized carbons (Fsp3) is 0.167. The summed E-state index contributed by atoms with van der Waals surface area (Å²) in [6, 6.07) is 23.7. The molecule has 9 nitrogen and oxygen atoms in total. The molecule has 9 heteroatoms. The van der Waals surface area contributed by atoms with E-state index in [9.17, 15) is 19.2 Å².